The number of likely N-dealkylation sites (tertiary alicyclic amines) is 1. The van der Waals surface area contributed by atoms with E-state index in [-0.39, 0.29) is 19.4 Å². The SMILES string of the molecule is NC(CO)C(=O)NC(CCC(=O)O)C(=O)N1CCCC1C(=O)NC(CO)C(=O)O. The van der Waals surface area contributed by atoms with Gasteiger partial charge < -0.3 is 41.7 Å². The van der Waals surface area contributed by atoms with E-state index in [2.05, 4.69) is 10.6 Å². The summed E-state index contributed by atoms with van der Waals surface area (Å²) in [5.41, 5.74) is 5.40. The lowest BCUT2D eigenvalue weighted by Crippen LogP contribution is -2.57. The summed E-state index contributed by atoms with van der Waals surface area (Å²) >= 11 is 0. The number of carbonyl (C=O) groups excluding carboxylic acids is 3. The van der Waals surface area contributed by atoms with Crippen LogP contribution in [0.15, 0.2) is 0 Å². The van der Waals surface area contributed by atoms with Gasteiger partial charge in [0.05, 0.1) is 13.2 Å². The first-order valence-electron chi connectivity index (χ1n) is 8.95. The fourth-order valence-electron chi connectivity index (χ4n) is 2.84. The van der Waals surface area contributed by atoms with Gasteiger partial charge in [-0.05, 0) is 19.3 Å². The molecule has 4 unspecified atom stereocenters. The number of nitrogens with two attached hydrogens (primary N) is 1. The van der Waals surface area contributed by atoms with Crippen LogP contribution in [-0.2, 0) is 24.0 Å². The van der Waals surface area contributed by atoms with Crippen molar-refractivity contribution in [1.82, 2.24) is 15.5 Å². The van der Waals surface area contributed by atoms with Gasteiger partial charge in [0.25, 0.3) is 0 Å². The fourth-order valence-corrected chi connectivity index (χ4v) is 2.84. The number of nitrogens with zero attached hydrogens (tertiary/aromatic N) is 1. The molecule has 29 heavy (non-hydrogen) atoms. The number of rotatable bonds is 11. The predicted molar refractivity (Wildman–Crippen MR) is 95.2 cm³/mol. The second-order valence-corrected chi connectivity index (χ2v) is 6.55. The lowest BCUT2D eigenvalue weighted by molar-refractivity contribution is -0.146. The van der Waals surface area contributed by atoms with Crippen molar-refractivity contribution in [1.29, 1.82) is 0 Å². The Balaban J connectivity index is 2.93. The molecule has 4 atom stereocenters. The normalized spacial score (nSPS) is 19.1. The van der Waals surface area contributed by atoms with Crippen LogP contribution in [0.1, 0.15) is 25.7 Å². The summed E-state index contributed by atoms with van der Waals surface area (Å²) in [6.07, 6.45) is -0.0554. The Morgan fingerprint density at radius 1 is 1.03 bits per heavy atom. The molecule has 164 valence electrons. The minimum Gasteiger partial charge on any atom is -0.481 e. The summed E-state index contributed by atoms with van der Waals surface area (Å²) in [4.78, 5) is 60.2. The van der Waals surface area contributed by atoms with Crippen LogP contribution in [0.2, 0.25) is 0 Å². The van der Waals surface area contributed by atoms with Crippen LogP contribution in [0.25, 0.3) is 0 Å². The first-order valence-corrected chi connectivity index (χ1v) is 8.95. The Hall–Kier alpha value is -2.77. The van der Waals surface area contributed by atoms with E-state index < -0.39 is 73.5 Å². The molecule has 13 nitrogen and oxygen atoms in total. The Kier molecular flexibility index (Phi) is 9.44. The monoisotopic (exact) mass is 418 g/mol. The standard InChI is InChI=1S/C16H26N4O9/c17-8(6-21)13(25)18-9(3-4-12(23)24)15(27)20-5-1-2-11(20)14(26)19-10(7-22)16(28)29/h8-11,21-22H,1-7,17H2,(H,18,25)(H,19,26)(H,23,24)(H,28,29). The first kappa shape index (κ1) is 24.3. The van der Waals surface area contributed by atoms with Crippen molar-refractivity contribution < 1.29 is 44.4 Å². The highest BCUT2D eigenvalue weighted by Gasteiger charge is 2.39. The maximum atomic E-state index is 12.9. The summed E-state index contributed by atoms with van der Waals surface area (Å²) in [5, 5.41) is 40.2. The second-order valence-electron chi connectivity index (χ2n) is 6.55. The third kappa shape index (κ3) is 6.96. The van der Waals surface area contributed by atoms with E-state index in [1.54, 1.807) is 0 Å². The van der Waals surface area contributed by atoms with Gasteiger partial charge in [0, 0.05) is 13.0 Å². The van der Waals surface area contributed by atoms with E-state index in [4.69, 9.17) is 26.2 Å². The molecule has 0 spiro atoms. The molecule has 13 heteroatoms. The highest BCUT2D eigenvalue weighted by atomic mass is 16.4. The minimum absolute atomic E-state index is 0.138. The fraction of sp³-hybridized carbons (Fsp3) is 0.688. The van der Waals surface area contributed by atoms with Crippen molar-refractivity contribution >= 4 is 29.7 Å². The second kappa shape index (κ2) is 11.3. The van der Waals surface area contributed by atoms with Gasteiger partial charge >= 0.3 is 11.9 Å². The van der Waals surface area contributed by atoms with Crippen LogP contribution >= 0.6 is 0 Å². The molecule has 1 heterocycles. The smallest absolute Gasteiger partial charge is 0.328 e. The zero-order chi connectivity index (χ0) is 22.1. The topological polar surface area (TPSA) is 220 Å². The molecule has 0 aromatic carbocycles. The molecule has 0 aromatic heterocycles. The van der Waals surface area contributed by atoms with Gasteiger partial charge in [-0.3, -0.25) is 19.2 Å². The quantitative estimate of drug-likeness (QED) is 0.173. The molecule has 0 bridgehead atoms. The van der Waals surface area contributed by atoms with Gasteiger partial charge in [-0.25, -0.2) is 4.79 Å². The average molecular weight is 418 g/mol. The van der Waals surface area contributed by atoms with Crippen molar-refractivity contribution in [3.8, 4) is 0 Å². The summed E-state index contributed by atoms with van der Waals surface area (Å²) in [7, 11) is 0. The molecule has 1 aliphatic heterocycles. The van der Waals surface area contributed by atoms with Crippen molar-refractivity contribution in [3.63, 3.8) is 0 Å². The van der Waals surface area contributed by atoms with Crippen LogP contribution in [-0.4, -0.2) is 98.9 Å². The van der Waals surface area contributed by atoms with Crippen LogP contribution in [0.3, 0.4) is 0 Å². The van der Waals surface area contributed by atoms with Gasteiger partial charge in [0.2, 0.25) is 17.7 Å². The molecule has 1 rings (SSSR count). The molecule has 0 radical (unpaired) electrons. The number of carbonyl (C=O) groups is 5. The number of aliphatic carboxylic acids is 2. The zero-order valence-electron chi connectivity index (χ0n) is 15.6. The van der Waals surface area contributed by atoms with Crippen LogP contribution in [0.4, 0.5) is 0 Å². The van der Waals surface area contributed by atoms with E-state index in [9.17, 15) is 24.0 Å². The van der Waals surface area contributed by atoms with Gasteiger partial charge in [-0.2, -0.15) is 0 Å². The number of carboxylic acids is 2. The lowest BCUT2D eigenvalue weighted by atomic mass is 10.1. The Bertz CT molecular complexity index is 642. The number of carboxylic acid groups (broad SMARTS) is 2. The van der Waals surface area contributed by atoms with Gasteiger partial charge in [0.15, 0.2) is 0 Å². The summed E-state index contributed by atoms with van der Waals surface area (Å²) < 4.78 is 0. The van der Waals surface area contributed by atoms with E-state index in [1.807, 2.05) is 0 Å². The Morgan fingerprint density at radius 3 is 2.21 bits per heavy atom. The number of nitrogens with one attached hydrogen (secondary N) is 2. The van der Waals surface area contributed by atoms with Crippen molar-refractivity contribution in [2.45, 2.75) is 49.9 Å². The van der Waals surface area contributed by atoms with Crippen LogP contribution < -0.4 is 16.4 Å². The van der Waals surface area contributed by atoms with Gasteiger partial charge in [0.1, 0.15) is 24.2 Å². The highest BCUT2D eigenvalue weighted by Crippen LogP contribution is 2.20. The summed E-state index contributed by atoms with van der Waals surface area (Å²) in [6.45, 7) is -1.38. The lowest BCUT2D eigenvalue weighted by Gasteiger charge is -2.29. The predicted octanol–water partition coefficient (Wildman–Crippen LogP) is -3.79. The minimum atomic E-state index is -1.54. The molecule has 0 saturated carbocycles. The van der Waals surface area contributed by atoms with E-state index in [0.29, 0.717) is 6.42 Å². The third-order valence-electron chi connectivity index (χ3n) is 4.43. The molecule has 0 aromatic rings. The van der Waals surface area contributed by atoms with Crippen LogP contribution in [0.5, 0.6) is 0 Å². The number of aliphatic hydroxyl groups is 2. The highest BCUT2D eigenvalue weighted by molar-refractivity contribution is 5.94. The molecule has 3 amide bonds. The maximum absolute atomic E-state index is 12.9. The van der Waals surface area contributed by atoms with E-state index in [0.717, 1.165) is 4.90 Å². The summed E-state index contributed by atoms with van der Waals surface area (Å²) in [5.74, 6) is -5.01. The summed E-state index contributed by atoms with van der Waals surface area (Å²) in [6, 6.07) is -5.18. The molecule has 1 aliphatic rings. The van der Waals surface area contributed by atoms with E-state index >= 15 is 0 Å². The Labute approximate surface area is 165 Å². The first-order chi connectivity index (χ1) is 13.6. The molecule has 8 N–H and O–H groups in total. The van der Waals surface area contributed by atoms with E-state index in [1.165, 1.54) is 0 Å². The molecular formula is C16H26N4O9. The third-order valence-corrected chi connectivity index (χ3v) is 4.43. The Morgan fingerprint density at radius 2 is 1.69 bits per heavy atom. The van der Waals surface area contributed by atoms with Crippen molar-refractivity contribution in [2.24, 2.45) is 5.73 Å². The molecule has 1 saturated heterocycles. The number of aliphatic hydroxyl groups excluding tert-OH is 2. The zero-order valence-corrected chi connectivity index (χ0v) is 15.6. The number of amides is 3. The molecule has 0 aliphatic carbocycles. The maximum Gasteiger partial charge on any atom is 0.328 e. The van der Waals surface area contributed by atoms with Crippen molar-refractivity contribution in [2.75, 3.05) is 19.8 Å². The average Bonchev–Trinajstić information content (AvgIpc) is 3.17. The van der Waals surface area contributed by atoms with Crippen molar-refractivity contribution in [3.05, 3.63) is 0 Å². The number of hydrogen-bond acceptors (Lipinski definition) is 8. The number of hydrogen-bond donors (Lipinski definition) is 7. The van der Waals surface area contributed by atoms with Gasteiger partial charge in [-0.1, -0.05) is 0 Å². The largest absolute Gasteiger partial charge is 0.481 e. The van der Waals surface area contributed by atoms with Crippen LogP contribution in [0, 0.1) is 0 Å². The molecular weight excluding hydrogens is 392 g/mol. The van der Waals surface area contributed by atoms with Gasteiger partial charge in [-0.15, -0.1) is 0 Å². The molecule has 1 fully saturated rings.